The molecule has 2 amide bonds. The van der Waals surface area contributed by atoms with Crippen LogP contribution in [0, 0.1) is 0 Å². The lowest BCUT2D eigenvalue weighted by Crippen LogP contribution is -2.48. The smallest absolute Gasteiger partial charge is 0.255 e. The number of imide groups is 1. The van der Waals surface area contributed by atoms with Crippen molar-refractivity contribution in [2.45, 2.75) is 0 Å². The van der Waals surface area contributed by atoms with Crippen molar-refractivity contribution in [3.63, 3.8) is 0 Å². The summed E-state index contributed by atoms with van der Waals surface area (Å²) in [4.78, 5) is 35.7. The van der Waals surface area contributed by atoms with E-state index in [1.165, 1.54) is 0 Å². The van der Waals surface area contributed by atoms with Gasteiger partial charge in [0.25, 0.3) is 11.8 Å². The van der Waals surface area contributed by atoms with Crippen LogP contribution in [-0.2, 0) is 21.4 Å². The maximum atomic E-state index is 11.9. The van der Waals surface area contributed by atoms with Crippen molar-refractivity contribution in [1.82, 2.24) is 9.47 Å². The van der Waals surface area contributed by atoms with Crippen molar-refractivity contribution in [3.8, 4) is 0 Å². The maximum Gasteiger partial charge on any atom is 0.255 e. The van der Waals surface area contributed by atoms with Crippen molar-refractivity contribution in [3.05, 3.63) is 24.0 Å². The Bertz CT molecular complexity index is 462. The molecule has 1 aromatic rings. The zero-order valence-electron chi connectivity index (χ0n) is 9.38. The highest BCUT2D eigenvalue weighted by Crippen LogP contribution is 2.06. The number of carbonyl (C=O) groups excluding carboxylic acids is 3. The molecule has 0 saturated carbocycles. The number of aryl methyl sites for hydroxylation is 1. The van der Waals surface area contributed by atoms with Gasteiger partial charge in [0.05, 0.1) is 12.2 Å². The molecule has 1 fully saturated rings. The number of morpholine rings is 1. The summed E-state index contributed by atoms with van der Waals surface area (Å²) in [5.41, 5.74) is 0.470. The van der Waals surface area contributed by atoms with Crippen LogP contribution >= 0.6 is 0 Å². The predicted octanol–water partition coefficient (Wildman–Crippen LogP) is -0.407. The predicted molar refractivity (Wildman–Crippen MR) is 57.3 cm³/mol. The van der Waals surface area contributed by atoms with Crippen LogP contribution in [0.1, 0.15) is 10.5 Å². The number of amides is 2. The second kappa shape index (κ2) is 4.50. The van der Waals surface area contributed by atoms with Crippen LogP contribution in [0.2, 0.25) is 0 Å². The topological polar surface area (TPSA) is 68.6 Å². The SMILES string of the molecule is Cn1cccc1C(=O)CN1C(=O)COCC1=O. The van der Waals surface area contributed by atoms with E-state index in [0.717, 1.165) is 4.90 Å². The first kappa shape index (κ1) is 11.5. The molecule has 2 heterocycles. The van der Waals surface area contributed by atoms with E-state index in [1.807, 2.05) is 0 Å². The van der Waals surface area contributed by atoms with Crippen LogP contribution in [0.25, 0.3) is 0 Å². The quantitative estimate of drug-likeness (QED) is 0.528. The van der Waals surface area contributed by atoms with Crippen LogP contribution in [0.5, 0.6) is 0 Å². The Morgan fingerprint density at radius 3 is 2.53 bits per heavy atom. The lowest BCUT2D eigenvalue weighted by atomic mass is 10.2. The van der Waals surface area contributed by atoms with E-state index < -0.39 is 11.8 Å². The summed E-state index contributed by atoms with van der Waals surface area (Å²) in [7, 11) is 1.73. The Labute approximate surface area is 97.8 Å². The fourth-order valence-corrected chi connectivity index (χ4v) is 1.67. The number of ether oxygens (including phenoxy) is 1. The minimum absolute atomic E-state index is 0.147. The van der Waals surface area contributed by atoms with Crippen LogP contribution in [0.3, 0.4) is 0 Å². The molecule has 0 bridgehead atoms. The number of hydrogen-bond acceptors (Lipinski definition) is 4. The Hall–Kier alpha value is -1.95. The van der Waals surface area contributed by atoms with Gasteiger partial charge in [-0.3, -0.25) is 19.3 Å². The molecule has 90 valence electrons. The van der Waals surface area contributed by atoms with Gasteiger partial charge in [0, 0.05) is 13.2 Å². The van der Waals surface area contributed by atoms with Crippen molar-refractivity contribution in [1.29, 1.82) is 0 Å². The van der Waals surface area contributed by atoms with E-state index in [1.54, 1.807) is 29.9 Å². The highest BCUT2D eigenvalue weighted by Gasteiger charge is 2.29. The van der Waals surface area contributed by atoms with Gasteiger partial charge in [-0.1, -0.05) is 0 Å². The number of carbonyl (C=O) groups is 3. The normalized spacial score (nSPS) is 16.4. The summed E-state index contributed by atoms with van der Waals surface area (Å²) in [6.45, 7) is -0.517. The van der Waals surface area contributed by atoms with E-state index in [2.05, 4.69) is 0 Å². The standard InChI is InChI=1S/C11H12N2O4/c1-12-4-2-3-8(12)9(14)5-13-10(15)6-17-7-11(13)16/h2-4H,5-7H2,1H3. The molecule has 0 spiro atoms. The summed E-state index contributed by atoms with van der Waals surface area (Å²) in [6.07, 6.45) is 1.73. The molecule has 0 unspecified atom stereocenters. The average Bonchev–Trinajstić information content (AvgIpc) is 2.70. The van der Waals surface area contributed by atoms with E-state index >= 15 is 0 Å². The average molecular weight is 236 g/mol. The molecule has 1 saturated heterocycles. The highest BCUT2D eigenvalue weighted by atomic mass is 16.5. The third-order valence-electron chi connectivity index (χ3n) is 2.58. The van der Waals surface area contributed by atoms with Gasteiger partial charge in [-0.15, -0.1) is 0 Å². The second-order valence-electron chi connectivity index (χ2n) is 3.79. The molecule has 1 aromatic heterocycles. The summed E-state index contributed by atoms with van der Waals surface area (Å²) in [6, 6.07) is 3.38. The van der Waals surface area contributed by atoms with Gasteiger partial charge in [-0.2, -0.15) is 0 Å². The Morgan fingerprint density at radius 1 is 1.35 bits per heavy atom. The van der Waals surface area contributed by atoms with E-state index in [-0.39, 0.29) is 25.5 Å². The van der Waals surface area contributed by atoms with Crippen molar-refractivity contribution >= 4 is 17.6 Å². The summed E-state index contributed by atoms with van der Waals surface area (Å²) in [5.74, 6) is -1.20. The minimum Gasteiger partial charge on any atom is -0.362 e. The third-order valence-corrected chi connectivity index (χ3v) is 2.58. The fraction of sp³-hybridized carbons (Fsp3) is 0.364. The van der Waals surface area contributed by atoms with Crippen LogP contribution in [0.15, 0.2) is 18.3 Å². The first-order chi connectivity index (χ1) is 8.09. The Morgan fingerprint density at radius 2 is 2.00 bits per heavy atom. The molecule has 0 radical (unpaired) electrons. The fourth-order valence-electron chi connectivity index (χ4n) is 1.67. The van der Waals surface area contributed by atoms with Gasteiger partial charge in [0.1, 0.15) is 13.2 Å². The molecular weight excluding hydrogens is 224 g/mol. The molecule has 1 aliphatic heterocycles. The van der Waals surface area contributed by atoms with Crippen LogP contribution < -0.4 is 0 Å². The van der Waals surface area contributed by atoms with Crippen LogP contribution in [-0.4, -0.2) is 46.8 Å². The second-order valence-corrected chi connectivity index (χ2v) is 3.79. The molecule has 2 rings (SSSR count). The molecule has 0 aliphatic carbocycles. The molecule has 0 N–H and O–H groups in total. The van der Waals surface area contributed by atoms with E-state index in [9.17, 15) is 14.4 Å². The third kappa shape index (κ3) is 2.26. The number of Topliss-reactive ketones (excluding diaryl/α,β-unsaturated/α-hetero) is 1. The van der Waals surface area contributed by atoms with Gasteiger partial charge < -0.3 is 9.30 Å². The number of ketones is 1. The lowest BCUT2D eigenvalue weighted by molar-refractivity contribution is -0.157. The van der Waals surface area contributed by atoms with E-state index in [0.29, 0.717) is 5.69 Å². The zero-order valence-corrected chi connectivity index (χ0v) is 9.38. The van der Waals surface area contributed by atoms with E-state index in [4.69, 9.17) is 4.74 Å². The first-order valence-corrected chi connectivity index (χ1v) is 5.15. The van der Waals surface area contributed by atoms with Gasteiger partial charge in [-0.05, 0) is 12.1 Å². The molecule has 0 atom stereocenters. The van der Waals surface area contributed by atoms with Crippen LogP contribution in [0.4, 0.5) is 0 Å². The molecule has 0 aromatic carbocycles. The lowest BCUT2D eigenvalue weighted by Gasteiger charge is -2.24. The van der Waals surface area contributed by atoms with Gasteiger partial charge in [0.2, 0.25) is 0 Å². The number of nitrogens with zero attached hydrogens (tertiary/aromatic N) is 2. The zero-order chi connectivity index (χ0) is 12.4. The van der Waals surface area contributed by atoms with Crippen molar-refractivity contribution < 1.29 is 19.1 Å². The Kier molecular flexibility index (Phi) is 3.06. The first-order valence-electron chi connectivity index (χ1n) is 5.15. The summed E-state index contributed by atoms with van der Waals surface area (Å²) in [5, 5.41) is 0. The summed E-state index contributed by atoms with van der Waals surface area (Å²) < 4.78 is 6.41. The Balaban J connectivity index is 2.10. The number of rotatable bonds is 3. The summed E-state index contributed by atoms with van der Waals surface area (Å²) >= 11 is 0. The number of hydrogen-bond donors (Lipinski definition) is 0. The largest absolute Gasteiger partial charge is 0.362 e. The minimum atomic E-state index is -0.469. The monoisotopic (exact) mass is 236 g/mol. The maximum absolute atomic E-state index is 11.9. The molecule has 17 heavy (non-hydrogen) atoms. The molecule has 6 heteroatoms. The van der Waals surface area contributed by atoms with Crippen molar-refractivity contribution in [2.75, 3.05) is 19.8 Å². The van der Waals surface area contributed by atoms with Gasteiger partial charge >= 0.3 is 0 Å². The molecule has 1 aliphatic rings. The number of aromatic nitrogens is 1. The van der Waals surface area contributed by atoms with Crippen molar-refractivity contribution in [2.24, 2.45) is 7.05 Å². The molecule has 6 nitrogen and oxygen atoms in total. The van der Waals surface area contributed by atoms with Gasteiger partial charge in [-0.25, -0.2) is 0 Å². The highest BCUT2D eigenvalue weighted by molar-refractivity contribution is 6.05. The van der Waals surface area contributed by atoms with Gasteiger partial charge in [0.15, 0.2) is 5.78 Å². The molecular formula is C11H12N2O4.